The molecule has 3 aromatic rings. The molecule has 9 nitrogen and oxygen atoms in total. The summed E-state index contributed by atoms with van der Waals surface area (Å²) in [6.07, 6.45) is -1.05. The standard InChI is InChI=1S/C24H19N3O6/c1-32-19-12-10-16(11-13-19)25-23(28)20-21(15-6-5-9-18(14-15)27(30)31)26(33-22(20)24(25)29)17-7-3-2-4-8-17/h2-14,20-22H,1H3/t20-,21-,22-/m1/s1. The number of carbonyl (C=O) groups is 2. The van der Waals surface area contributed by atoms with Gasteiger partial charge in [0.2, 0.25) is 5.91 Å². The van der Waals surface area contributed by atoms with Crippen molar-refractivity contribution in [2.75, 3.05) is 17.1 Å². The average Bonchev–Trinajstić information content (AvgIpc) is 3.36. The van der Waals surface area contributed by atoms with Gasteiger partial charge in [-0.2, -0.15) is 0 Å². The molecule has 0 bridgehead atoms. The van der Waals surface area contributed by atoms with E-state index in [2.05, 4.69) is 0 Å². The van der Waals surface area contributed by atoms with Gasteiger partial charge < -0.3 is 4.74 Å². The van der Waals surface area contributed by atoms with E-state index in [0.29, 0.717) is 22.7 Å². The number of carbonyl (C=O) groups excluding carboxylic acids is 2. The minimum absolute atomic E-state index is 0.104. The third-order valence-electron chi connectivity index (χ3n) is 5.88. The van der Waals surface area contributed by atoms with Crippen molar-refractivity contribution < 1.29 is 24.1 Å². The largest absolute Gasteiger partial charge is 0.497 e. The first kappa shape index (κ1) is 20.7. The van der Waals surface area contributed by atoms with Crippen LogP contribution in [0.15, 0.2) is 78.9 Å². The van der Waals surface area contributed by atoms with Crippen molar-refractivity contribution in [3.8, 4) is 5.75 Å². The summed E-state index contributed by atoms with van der Waals surface area (Å²) in [5, 5.41) is 12.9. The van der Waals surface area contributed by atoms with E-state index >= 15 is 0 Å². The molecule has 0 unspecified atom stereocenters. The Bertz CT molecular complexity index is 1230. The minimum Gasteiger partial charge on any atom is -0.497 e. The fraction of sp³-hybridized carbons (Fsp3) is 0.167. The quantitative estimate of drug-likeness (QED) is 0.336. The van der Waals surface area contributed by atoms with Crippen LogP contribution in [-0.2, 0) is 14.4 Å². The number of amides is 2. The summed E-state index contributed by atoms with van der Waals surface area (Å²) < 4.78 is 5.15. The highest BCUT2D eigenvalue weighted by Crippen LogP contribution is 2.48. The number of rotatable bonds is 5. The van der Waals surface area contributed by atoms with E-state index < -0.39 is 34.8 Å². The van der Waals surface area contributed by atoms with Gasteiger partial charge in [0.05, 0.1) is 29.4 Å². The summed E-state index contributed by atoms with van der Waals surface area (Å²) in [5.41, 5.74) is 1.46. The van der Waals surface area contributed by atoms with E-state index in [1.54, 1.807) is 48.5 Å². The Morgan fingerprint density at radius 2 is 1.64 bits per heavy atom. The minimum atomic E-state index is -1.05. The number of non-ortho nitro benzene ring substituents is 1. The number of ether oxygens (including phenoxy) is 1. The van der Waals surface area contributed by atoms with Gasteiger partial charge in [-0.05, 0) is 42.0 Å². The Morgan fingerprint density at radius 3 is 2.30 bits per heavy atom. The molecule has 9 heteroatoms. The van der Waals surface area contributed by atoms with Crippen molar-refractivity contribution in [3.63, 3.8) is 0 Å². The van der Waals surface area contributed by atoms with Crippen LogP contribution >= 0.6 is 0 Å². The monoisotopic (exact) mass is 445 g/mol. The van der Waals surface area contributed by atoms with Crippen molar-refractivity contribution in [2.24, 2.45) is 5.92 Å². The second kappa shape index (κ2) is 8.03. The molecule has 0 spiro atoms. The predicted octanol–water partition coefficient (Wildman–Crippen LogP) is 3.65. The maximum absolute atomic E-state index is 13.6. The number of methoxy groups -OCH3 is 1. The number of hydroxylamine groups is 1. The molecule has 3 atom stereocenters. The number of imide groups is 1. The Hall–Kier alpha value is -4.24. The highest BCUT2D eigenvalue weighted by Gasteiger charge is 2.60. The number of nitro groups is 1. The molecule has 2 amide bonds. The van der Waals surface area contributed by atoms with Crippen LogP contribution in [0.3, 0.4) is 0 Å². The van der Waals surface area contributed by atoms with E-state index in [1.807, 2.05) is 18.2 Å². The lowest BCUT2D eigenvalue weighted by Crippen LogP contribution is -2.37. The van der Waals surface area contributed by atoms with Gasteiger partial charge in [-0.1, -0.05) is 30.3 Å². The molecule has 5 rings (SSSR count). The van der Waals surface area contributed by atoms with E-state index in [-0.39, 0.29) is 5.69 Å². The van der Waals surface area contributed by atoms with Gasteiger partial charge in [0, 0.05) is 12.1 Å². The van der Waals surface area contributed by atoms with Crippen LogP contribution in [0, 0.1) is 16.0 Å². The number of hydrogen-bond donors (Lipinski definition) is 0. The lowest BCUT2D eigenvalue weighted by Gasteiger charge is -2.28. The molecular weight excluding hydrogens is 426 g/mol. The number of nitro benzene ring substituents is 1. The van der Waals surface area contributed by atoms with Crippen molar-refractivity contribution in [2.45, 2.75) is 12.1 Å². The van der Waals surface area contributed by atoms with Crippen molar-refractivity contribution in [1.29, 1.82) is 0 Å². The second-order valence-electron chi connectivity index (χ2n) is 7.72. The zero-order chi connectivity index (χ0) is 23.1. The molecule has 166 valence electrons. The molecule has 33 heavy (non-hydrogen) atoms. The van der Waals surface area contributed by atoms with Gasteiger partial charge in [0.25, 0.3) is 11.6 Å². The number of fused-ring (bicyclic) bond motifs is 1. The smallest absolute Gasteiger partial charge is 0.269 e. The van der Waals surface area contributed by atoms with E-state index in [1.165, 1.54) is 24.3 Å². The van der Waals surface area contributed by atoms with Crippen LogP contribution in [0.1, 0.15) is 11.6 Å². The van der Waals surface area contributed by atoms with Gasteiger partial charge in [0.1, 0.15) is 11.7 Å². The Kier molecular flexibility index (Phi) is 5.02. The van der Waals surface area contributed by atoms with Crippen LogP contribution in [-0.4, -0.2) is 30.0 Å². The third-order valence-corrected chi connectivity index (χ3v) is 5.88. The SMILES string of the molecule is COc1ccc(N2C(=O)[C@@H]3[C@@H](c4cccc([N+](=O)[O-])c4)N(c4ccccc4)O[C@H]3C2=O)cc1. The first-order chi connectivity index (χ1) is 16.0. The zero-order valence-corrected chi connectivity index (χ0v) is 17.5. The van der Waals surface area contributed by atoms with Crippen molar-refractivity contribution in [3.05, 3.63) is 94.5 Å². The topological polar surface area (TPSA) is 102 Å². The number of benzene rings is 3. The summed E-state index contributed by atoms with van der Waals surface area (Å²) in [7, 11) is 1.53. The maximum Gasteiger partial charge on any atom is 0.269 e. The lowest BCUT2D eigenvalue weighted by atomic mass is 9.90. The second-order valence-corrected chi connectivity index (χ2v) is 7.72. The fourth-order valence-corrected chi connectivity index (χ4v) is 4.36. The molecule has 2 fully saturated rings. The third kappa shape index (κ3) is 3.39. The van der Waals surface area contributed by atoms with Crippen LogP contribution < -0.4 is 14.7 Å². The molecule has 2 saturated heterocycles. The first-order valence-electron chi connectivity index (χ1n) is 10.3. The summed E-state index contributed by atoms with van der Waals surface area (Å²) in [4.78, 5) is 44.9. The lowest BCUT2D eigenvalue weighted by molar-refractivity contribution is -0.384. The maximum atomic E-state index is 13.6. The molecule has 2 heterocycles. The highest BCUT2D eigenvalue weighted by atomic mass is 16.7. The molecule has 0 aliphatic carbocycles. The van der Waals surface area contributed by atoms with Crippen molar-refractivity contribution >= 4 is 28.9 Å². The number of hydrogen-bond acceptors (Lipinski definition) is 7. The Labute approximate surface area is 188 Å². The Morgan fingerprint density at radius 1 is 0.909 bits per heavy atom. The molecule has 0 N–H and O–H groups in total. The van der Waals surface area contributed by atoms with E-state index in [9.17, 15) is 19.7 Å². The molecular formula is C24H19N3O6. The summed E-state index contributed by atoms with van der Waals surface area (Å²) >= 11 is 0. The molecule has 0 radical (unpaired) electrons. The number of para-hydroxylation sites is 1. The summed E-state index contributed by atoms with van der Waals surface area (Å²) in [6.45, 7) is 0. The number of anilines is 2. The summed E-state index contributed by atoms with van der Waals surface area (Å²) in [5.74, 6) is -1.19. The van der Waals surface area contributed by atoms with Crippen LogP contribution in [0.25, 0.3) is 0 Å². The highest BCUT2D eigenvalue weighted by molar-refractivity contribution is 6.23. The number of nitrogens with zero attached hydrogens (tertiary/aromatic N) is 3. The molecule has 2 aliphatic heterocycles. The van der Waals surface area contributed by atoms with Gasteiger partial charge in [-0.3, -0.25) is 24.5 Å². The van der Waals surface area contributed by atoms with E-state index in [0.717, 1.165) is 4.90 Å². The Balaban J connectivity index is 1.58. The van der Waals surface area contributed by atoms with Gasteiger partial charge in [-0.15, -0.1) is 0 Å². The molecule has 0 aromatic heterocycles. The fourth-order valence-electron chi connectivity index (χ4n) is 4.36. The first-order valence-corrected chi connectivity index (χ1v) is 10.3. The van der Waals surface area contributed by atoms with Crippen molar-refractivity contribution in [1.82, 2.24) is 0 Å². The van der Waals surface area contributed by atoms with Crippen LogP contribution in [0.5, 0.6) is 5.75 Å². The predicted molar refractivity (Wildman–Crippen MR) is 119 cm³/mol. The van der Waals surface area contributed by atoms with Gasteiger partial charge >= 0.3 is 0 Å². The van der Waals surface area contributed by atoms with Gasteiger partial charge in [-0.25, -0.2) is 9.96 Å². The van der Waals surface area contributed by atoms with Crippen LogP contribution in [0.2, 0.25) is 0 Å². The average molecular weight is 445 g/mol. The summed E-state index contributed by atoms with van der Waals surface area (Å²) in [6, 6.07) is 21.0. The molecule has 0 saturated carbocycles. The normalized spacial score (nSPS) is 21.9. The van der Waals surface area contributed by atoms with E-state index in [4.69, 9.17) is 9.57 Å². The van der Waals surface area contributed by atoms with Crippen LogP contribution in [0.4, 0.5) is 17.1 Å². The molecule has 2 aliphatic rings. The van der Waals surface area contributed by atoms with Gasteiger partial charge in [0.15, 0.2) is 6.10 Å². The molecule has 3 aromatic carbocycles. The zero-order valence-electron chi connectivity index (χ0n) is 17.5.